The lowest BCUT2D eigenvalue weighted by molar-refractivity contribution is 0.0948. The fraction of sp³-hybridized carbons (Fsp3) is 0.0588. The van der Waals surface area contributed by atoms with Gasteiger partial charge in [0.2, 0.25) is 0 Å². The van der Waals surface area contributed by atoms with E-state index in [-0.39, 0.29) is 11.0 Å². The third-order valence-corrected chi connectivity index (χ3v) is 5.26. The van der Waals surface area contributed by atoms with Gasteiger partial charge < -0.3 is 10.1 Å². The van der Waals surface area contributed by atoms with E-state index < -0.39 is 0 Å². The van der Waals surface area contributed by atoms with Gasteiger partial charge in [-0.3, -0.25) is 15.6 Å². The van der Waals surface area contributed by atoms with Crippen molar-refractivity contribution >= 4 is 61.9 Å². The second-order valence-corrected chi connectivity index (χ2v) is 6.84. The highest BCUT2D eigenvalue weighted by molar-refractivity contribution is 7.80. The van der Waals surface area contributed by atoms with Gasteiger partial charge in [0, 0.05) is 15.8 Å². The number of ether oxygens (including phenoxy) is 1. The Balaban J connectivity index is 1.60. The van der Waals surface area contributed by atoms with Gasteiger partial charge in [0.05, 0.1) is 12.1 Å². The average molecular weight is 392 g/mol. The number of anilines is 1. The van der Waals surface area contributed by atoms with Gasteiger partial charge in [-0.2, -0.15) is 0 Å². The molecule has 0 aliphatic rings. The lowest BCUT2D eigenvalue weighted by atomic mass is 10.2. The van der Waals surface area contributed by atoms with E-state index in [0.717, 1.165) is 21.5 Å². The lowest BCUT2D eigenvalue weighted by Crippen LogP contribution is -2.43. The maximum atomic E-state index is 12.3. The predicted molar refractivity (Wildman–Crippen MR) is 107 cm³/mol. The number of carbonyl (C=O) groups excluding carboxylic acids is 1. The van der Waals surface area contributed by atoms with Crippen LogP contribution in [0.1, 0.15) is 9.67 Å². The number of nitrogens with one attached hydrogen (secondary N) is 3. The van der Waals surface area contributed by atoms with Crippen molar-refractivity contribution in [3.05, 3.63) is 58.4 Å². The first-order chi connectivity index (χ1) is 12.1. The van der Waals surface area contributed by atoms with Crippen molar-refractivity contribution in [1.29, 1.82) is 0 Å². The number of carbonyl (C=O) groups is 1. The standard InChI is InChI=1S/C17H14ClN3O2S2/c1-23-11-8-6-10(7-9-11)19-17(24)21-20-16(22)15-14(18)12-4-2-3-5-13(12)25-15/h2-9H,1H3,(H,20,22)(H2,19,21,24). The number of hydrogen-bond acceptors (Lipinski definition) is 4. The molecular weight excluding hydrogens is 378 g/mol. The molecule has 0 unspecified atom stereocenters. The zero-order valence-electron chi connectivity index (χ0n) is 13.1. The largest absolute Gasteiger partial charge is 0.497 e. The molecule has 0 aliphatic heterocycles. The highest BCUT2D eigenvalue weighted by atomic mass is 35.5. The molecule has 2 aromatic carbocycles. The Hall–Kier alpha value is -2.35. The fourth-order valence-corrected chi connectivity index (χ4v) is 3.75. The van der Waals surface area contributed by atoms with Gasteiger partial charge in [-0.25, -0.2) is 0 Å². The molecule has 128 valence electrons. The van der Waals surface area contributed by atoms with E-state index in [1.165, 1.54) is 11.3 Å². The maximum absolute atomic E-state index is 12.3. The molecule has 0 spiro atoms. The van der Waals surface area contributed by atoms with Crippen molar-refractivity contribution in [3.8, 4) is 5.75 Å². The van der Waals surface area contributed by atoms with Crippen LogP contribution < -0.4 is 20.9 Å². The summed E-state index contributed by atoms with van der Waals surface area (Å²) in [6.07, 6.45) is 0. The lowest BCUT2D eigenvalue weighted by Gasteiger charge is -2.11. The molecule has 3 rings (SSSR count). The third-order valence-electron chi connectivity index (χ3n) is 3.38. The minimum atomic E-state index is -0.343. The molecule has 0 bridgehead atoms. The highest BCUT2D eigenvalue weighted by Crippen LogP contribution is 2.34. The van der Waals surface area contributed by atoms with Crippen LogP contribution in [0.25, 0.3) is 10.1 Å². The molecule has 1 amide bonds. The van der Waals surface area contributed by atoms with Gasteiger partial charge in [-0.15, -0.1) is 11.3 Å². The summed E-state index contributed by atoms with van der Waals surface area (Å²) in [5.74, 6) is 0.405. The molecule has 8 heteroatoms. The highest BCUT2D eigenvalue weighted by Gasteiger charge is 2.16. The summed E-state index contributed by atoms with van der Waals surface area (Å²) in [7, 11) is 1.60. The van der Waals surface area contributed by atoms with E-state index in [1.54, 1.807) is 19.2 Å². The van der Waals surface area contributed by atoms with Gasteiger partial charge in [0.25, 0.3) is 5.91 Å². The Morgan fingerprint density at radius 3 is 2.52 bits per heavy atom. The summed E-state index contributed by atoms with van der Waals surface area (Å²) < 4.78 is 6.05. The number of fused-ring (bicyclic) bond motifs is 1. The number of rotatable bonds is 3. The van der Waals surface area contributed by atoms with E-state index in [4.69, 9.17) is 28.6 Å². The summed E-state index contributed by atoms with van der Waals surface area (Å²) >= 11 is 12.8. The molecule has 5 nitrogen and oxygen atoms in total. The molecule has 0 aliphatic carbocycles. The Bertz CT molecular complexity index is 925. The molecule has 1 heterocycles. The van der Waals surface area contributed by atoms with Gasteiger partial charge in [0.15, 0.2) is 5.11 Å². The molecular formula is C17H14ClN3O2S2. The number of hydrogen-bond donors (Lipinski definition) is 3. The van der Waals surface area contributed by atoms with Crippen molar-refractivity contribution in [2.45, 2.75) is 0 Å². The first-order valence-electron chi connectivity index (χ1n) is 7.27. The van der Waals surface area contributed by atoms with Crippen molar-refractivity contribution in [3.63, 3.8) is 0 Å². The van der Waals surface area contributed by atoms with Crippen LogP contribution in [0, 0.1) is 0 Å². The Labute approximate surface area is 158 Å². The maximum Gasteiger partial charge on any atom is 0.281 e. The van der Waals surface area contributed by atoms with Gasteiger partial charge >= 0.3 is 0 Å². The summed E-state index contributed by atoms with van der Waals surface area (Å²) in [6.45, 7) is 0. The van der Waals surface area contributed by atoms with Crippen molar-refractivity contribution in [2.75, 3.05) is 12.4 Å². The number of thiocarbonyl (C=S) groups is 1. The molecule has 1 aromatic heterocycles. The average Bonchev–Trinajstić information content (AvgIpc) is 2.97. The molecule has 25 heavy (non-hydrogen) atoms. The van der Waals surface area contributed by atoms with Crippen molar-refractivity contribution in [2.24, 2.45) is 0 Å². The van der Waals surface area contributed by atoms with Crippen molar-refractivity contribution in [1.82, 2.24) is 10.9 Å². The van der Waals surface area contributed by atoms with Crippen LogP contribution in [-0.2, 0) is 0 Å². The Kier molecular flexibility index (Phi) is 5.37. The van der Waals surface area contributed by atoms with Crippen molar-refractivity contribution < 1.29 is 9.53 Å². The van der Waals surface area contributed by atoms with Crippen LogP contribution in [0.2, 0.25) is 5.02 Å². The zero-order chi connectivity index (χ0) is 17.8. The number of amides is 1. The fourth-order valence-electron chi connectivity index (χ4n) is 2.17. The molecule has 0 radical (unpaired) electrons. The van der Waals surface area contributed by atoms with E-state index in [9.17, 15) is 4.79 Å². The minimum Gasteiger partial charge on any atom is -0.497 e. The zero-order valence-corrected chi connectivity index (χ0v) is 15.5. The third kappa shape index (κ3) is 4.01. The summed E-state index contributed by atoms with van der Waals surface area (Å²) in [5.41, 5.74) is 5.99. The molecule has 0 saturated heterocycles. The molecule has 3 N–H and O–H groups in total. The number of hydrazine groups is 1. The van der Waals surface area contributed by atoms with E-state index in [2.05, 4.69) is 16.2 Å². The molecule has 3 aromatic rings. The Morgan fingerprint density at radius 2 is 1.84 bits per heavy atom. The summed E-state index contributed by atoms with van der Waals surface area (Å²) in [4.78, 5) is 12.8. The Morgan fingerprint density at radius 1 is 1.12 bits per heavy atom. The first kappa shape index (κ1) is 17.5. The second kappa shape index (κ2) is 7.69. The van der Waals surface area contributed by atoms with Gasteiger partial charge in [-0.1, -0.05) is 29.8 Å². The quantitative estimate of drug-likeness (QED) is 0.461. The summed E-state index contributed by atoms with van der Waals surface area (Å²) in [6, 6.07) is 14.8. The SMILES string of the molecule is COc1ccc(NC(=S)NNC(=O)c2sc3ccccc3c2Cl)cc1. The van der Waals surface area contributed by atoms with Gasteiger partial charge in [-0.05, 0) is 42.5 Å². The van der Waals surface area contributed by atoms with Gasteiger partial charge in [0.1, 0.15) is 10.6 Å². The predicted octanol–water partition coefficient (Wildman–Crippen LogP) is 4.19. The minimum absolute atomic E-state index is 0.260. The molecule has 0 saturated carbocycles. The van der Waals surface area contributed by atoms with Crippen LogP contribution in [-0.4, -0.2) is 18.1 Å². The van der Waals surface area contributed by atoms with Crippen LogP contribution in [0.3, 0.4) is 0 Å². The molecule has 0 fully saturated rings. The smallest absolute Gasteiger partial charge is 0.281 e. The van der Waals surface area contributed by atoms with E-state index in [0.29, 0.717) is 9.90 Å². The van der Waals surface area contributed by atoms with Crippen LogP contribution in [0.5, 0.6) is 5.75 Å². The van der Waals surface area contributed by atoms with Crippen LogP contribution in [0.15, 0.2) is 48.5 Å². The van der Waals surface area contributed by atoms with Crippen LogP contribution in [0.4, 0.5) is 5.69 Å². The number of methoxy groups -OCH3 is 1. The molecule has 0 atom stereocenters. The first-order valence-corrected chi connectivity index (χ1v) is 8.87. The topological polar surface area (TPSA) is 62.4 Å². The summed E-state index contributed by atoms with van der Waals surface area (Å²) in [5, 5.41) is 4.52. The van der Waals surface area contributed by atoms with E-state index in [1.807, 2.05) is 36.4 Å². The number of benzene rings is 2. The number of halogens is 1. The second-order valence-electron chi connectivity index (χ2n) is 5.00. The number of thiophene rings is 1. The van der Waals surface area contributed by atoms with Crippen LogP contribution >= 0.6 is 35.2 Å². The normalized spacial score (nSPS) is 10.3. The monoisotopic (exact) mass is 391 g/mol. The van der Waals surface area contributed by atoms with E-state index >= 15 is 0 Å².